The summed E-state index contributed by atoms with van der Waals surface area (Å²) in [6, 6.07) is 6.32. The van der Waals surface area contributed by atoms with Crippen LogP contribution in [0.1, 0.15) is 11.5 Å². The number of benzene rings is 1. The Kier molecular flexibility index (Phi) is 3.06. The predicted molar refractivity (Wildman–Crippen MR) is 59.8 cm³/mol. The first-order valence-electron chi connectivity index (χ1n) is 5.28. The van der Waals surface area contributed by atoms with Crippen molar-refractivity contribution in [3.63, 3.8) is 0 Å². The third-order valence-electron chi connectivity index (χ3n) is 3.06. The van der Waals surface area contributed by atoms with E-state index in [-0.39, 0.29) is 11.6 Å². The zero-order valence-corrected chi connectivity index (χ0v) is 9.00. The van der Waals surface area contributed by atoms with E-state index < -0.39 is 16.8 Å². The minimum absolute atomic E-state index is 0.00699. The molecule has 2 N–H and O–H groups in total. The molecule has 1 fully saturated rings. The van der Waals surface area contributed by atoms with E-state index in [1.165, 1.54) is 6.07 Å². The van der Waals surface area contributed by atoms with Crippen molar-refractivity contribution in [3.05, 3.63) is 39.9 Å². The largest absolute Gasteiger partial charge is 0.481 e. The Morgan fingerprint density at radius 3 is 2.76 bits per heavy atom. The molecule has 0 bridgehead atoms. The molecule has 0 aromatic heterocycles. The normalized spacial score (nSPS) is 23.5. The van der Waals surface area contributed by atoms with Crippen molar-refractivity contribution in [2.75, 3.05) is 13.1 Å². The van der Waals surface area contributed by atoms with Gasteiger partial charge in [-0.05, 0) is 0 Å². The van der Waals surface area contributed by atoms with E-state index in [9.17, 15) is 14.9 Å². The van der Waals surface area contributed by atoms with E-state index in [0.717, 1.165) is 0 Å². The van der Waals surface area contributed by atoms with Crippen LogP contribution < -0.4 is 5.32 Å². The molecule has 0 amide bonds. The molecular formula is C11H12N2O4. The highest BCUT2D eigenvalue weighted by Gasteiger charge is 2.37. The molecule has 90 valence electrons. The number of nitrogens with zero attached hydrogens (tertiary/aromatic N) is 1. The number of carboxylic acid groups (broad SMARTS) is 1. The Bertz CT molecular complexity index is 461. The highest BCUT2D eigenvalue weighted by Crippen LogP contribution is 2.34. The second kappa shape index (κ2) is 4.50. The first kappa shape index (κ1) is 11.5. The third-order valence-corrected chi connectivity index (χ3v) is 3.06. The van der Waals surface area contributed by atoms with Crippen LogP contribution in [0, 0.1) is 16.0 Å². The number of nitro benzene ring substituents is 1. The second-order valence-electron chi connectivity index (χ2n) is 4.03. The summed E-state index contributed by atoms with van der Waals surface area (Å²) in [5.74, 6) is -1.86. The topological polar surface area (TPSA) is 92.5 Å². The molecule has 6 heteroatoms. The molecule has 17 heavy (non-hydrogen) atoms. The smallest absolute Gasteiger partial charge is 0.308 e. The molecule has 2 atom stereocenters. The lowest BCUT2D eigenvalue weighted by Gasteiger charge is -2.14. The van der Waals surface area contributed by atoms with E-state index in [2.05, 4.69) is 5.32 Å². The Balaban J connectivity index is 2.39. The number of aliphatic carboxylic acids is 1. The standard InChI is InChI=1S/C11H12N2O4/c14-11(15)9-6-12-5-8(9)7-3-1-2-4-10(7)13(16)17/h1-4,8-9,12H,5-6H2,(H,14,15)/t8?,9-/m0/s1. The van der Waals surface area contributed by atoms with Gasteiger partial charge in [0.25, 0.3) is 5.69 Å². The summed E-state index contributed by atoms with van der Waals surface area (Å²) < 4.78 is 0. The van der Waals surface area contributed by atoms with Gasteiger partial charge in [0.2, 0.25) is 0 Å². The van der Waals surface area contributed by atoms with Gasteiger partial charge in [-0.15, -0.1) is 0 Å². The predicted octanol–water partition coefficient (Wildman–Crippen LogP) is 0.982. The van der Waals surface area contributed by atoms with E-state index in [4.69, 9.17) is 5.11 Å². The van der Waals surface area contributed by atoms with E-state index in [0.29, 0.717) is 18.7 Å². The van der Waals surface area contributed by atoms with Crippen LogP contribution in [0.2, 0.25) is 0 Å². The fourth-order valence-electron chi connectivity index (χ4n) is 2.23. The van der Waals surface area contributed by atoms with Gasteiger partial charge in [0.05, 0.1) is 10.8 Å². The van der Waals surface area contributed by atoms with Crippen LogP contribution in [0.25, 0.3) is 0 Å². The first-order valence-corrected chi connectivity index (χ1v) is 5.28. The number of carboxylic acids is 1. The molecule has 1 heterocycles. The van der Waals surface area contributed by atoms with Gasteiger partial charge in [0, 0.05) is 30.6 Å². The Morgan fingerprint density at radius 2 is 2.12 bits per heavy atom. The van der Waals surface area contributed by atoms with E-state index in [1.54, 1.807) is 18.2 Å². The zero-order chi connectivity index (χ0) is 12.4. The highest BCUT2D eigenvalue weighted by molar-refractivity contribution is 5.72. The Morgan fingerprint density at radius 1 is 1.41 bits per heavy atom. The van der Waals surface area contributed by atoms with Crippen molar-refractivity contribution in [1.29, 1.82) is 0 Å². The third kappa shape index (κ3) is 2.12. The summed E-state index contributed by atoms with van der Waals surface area (Å²) in [4.78, 5) is 21.5. The van der Waals surface area contributed by atoms with Gasteiger partial charge in [0.1, 0.15) is 0 Å². The van der Waals surface area contributed by atoms with Gasteiger partial charge in [-0.1, -0.05) is 18.2 Å². The van der Waals surface area contributed by atoms with E-state index >= 15 is 0 Å². The molecular weight excluding hydrogens is 224 g/mol. The van der Waals surface area contributed by atoms with Crippen LogP contribution in [0.15, 0.2) is 24.3 Å². The maximum absolute atomic E-state index is 11.1. The summed E-state index contributed by atoms with van der Waals surface area (Å²) in [7, 11) is 0. The fourth-order valence-corrected chi connectivity index (χ4v) is 2.23. The van der Waals surface area contributed by atoms with Crippen molar-refractivity contribution >= 4 is 11.7 Å². The number of carbonyl (C=O) groups is 1. The summed E-state index contributed by atoms with van der Waals surface area (Å²) in [6.45, 7) is 0.813. The fraction of sp³-hybridized carbons (Fsp3) is 0.364. The van der Waals surface area contributed by atoms with Crippen molar-refractivity contribution in [1.82, 2.24) is 5.32 Å². The molecule has 0 spiro atoms. The quantitative estimate of drug-likeness (QED) is 0.603. The molecule has 0 aliphatic carbocycles. The van der Waals surface area contributed by atoms with Crippen LogP contribution in [-0.2, 0) is 4.79 Å². The minimum atomic E-state index is -0.918. The molecule has 1 saturated heterocycles. The SMILES string of the molecule is O=C(O)[C@H]1CNCC1c1ccccc1[N+](=O)[O-]. The van der Waals surface area contributed by atoms with Crippen molar-refractivity contribution in [2.45, 2.75) is 5.92 Å². The van der Waals surface area contributed by atoms with Crippen LogP contribution in [0.3, 0.4) is 0 Å². The zero-order valence-electron chi connectivity index (χ0n) is 9.00. The maximum atomic E-state index is 11.1. The summed E-state index contributed by atoms with van der Waals surface area (Å²) >= 11 is 0. The van der Waals surface area contributed by atoms with Gasteiger partial charge < -0.3 is 10.4 Å². The molecule has 2 rings (SSSR count). The number of nitrogens with one attached hydrogen (secondary N) is 1. The molecule has 0 saturated carbocycles. The lowest BCUT2D eigenvalue weighted by atomic mass is 9.88. The van der Waals surface area contributed by atoms with E-state index in [1.807, 2.05) is 0 Å². The number of hydrogen-bond donors (Lipinski definition) is 2. The highest BCUT2D eigenvalue weighted by atomic mass is 16.6. The van der Waals surface area contributed by atoms with Crippen LogP contribution in [0.4, 0.5) is 5.69 Å². The molecule has 0 radical (unpaired) electrons. The summed E-state index contributed by atoms with van der Waals surface area (Å²) in [5.41, 5.74) is 0.488. The van der Waals surface area contributed by atoms with Crippen molar-refractivity contribution in [2.24, 2.45) is 5.92 Å². The van der Waals surface area contributed by atoms with Crippen LogP contribution in [-0.4, -0.2) is 29.1 Å². The molecule has 1 aliphatic heterocycles. The molecule has 1 aromatic rings. The van der Waals surface area contributed by atoms with Crippen molar-refractivity contribution < 1.29 is 14.8 Å². The van der Waals surface area contributed by atoms with Crippen LogP contribution >= 0.6 is 0 Å². The lowest BCUT2D eigenvalue weighted by molar-refractivity contribution is -0.385. The molecule has 1 unspecified atom stereocenters. The van der Waals surface area contributed by atoms with Crippen LogP contribution in [0.5, 0.6) is 0 Å². The summed E-state index contributed by atoms with van der Waals surface area (Å²) in [6.07, 6.45) is 0. The van der Waals surface area contributed by atoms with Gasteiger partial charge in [0.15, 0.2) is 0 Å². The first-order chi connectivity index (χ1) is 8.11. The average molecular weight is 236 g/mol. The minimum Gasteiger partial charge on any atom is -0.481 e. The maximum Gasteiger partial charge on any atom is 0.308 e. The number of rotatable bonds is 3. The Hall–Kier alpha value is -1.95. The molecule has 1 aliphatic rings. The summed E-state index contributed by atoms with van der Waals surface area (Å²) in [5, 5.41) is 22.9. The Labute approximate surface area is 97.4 Å². The lowest BCUT2D eigenvalue weighted by Crippen LogP contribution is -2.21. The average Bonchev–Trinajstić information content (AvgIpc) is 2.77. The van der Waals surface area contributed by atoms with Crippen molar-refractivity contribution in [3.8, 4) is 0 Å². The van der Waals surface area contributed by atoms with Gasteiger partial charge in [-0.3, -0.25) is 14.9 Å². The molecule has 6 nitrogen and oxygen atoms in total. The monoisotopic (exact) mass is 236 g/mol. The van der Waals surface area contributed by atoms with Gasteiger partial charge in [-0.25, -0.2) is 0 Å². The van der Waals surface area contributed by atoms with Gasteiger partial charge in [-0.2, -0.15) is 0 Å². The number of para-hydroxylation sites is 1. The number of hydrogen-bond acceptors (Lipinski definition) is 4. The van der Waals surface area contributed by atoms with Gasteiger partial charge >= 0.3 is 5.97 Å². The second-order valence-corrected chi connectivity index (χ2v) is 4.03. The number of nitro groups is 1. The molecule has 1 aromatic carbocycles.